The molecule has 2 fully saturated rings. The molecule has 2 aliphatic carbocycles. The Morgan fingerprint density at radius 3 is 1.77 bits per heavy atom. The van der Waals surface area contributed by atoms with E-state index < -0.39 is 0 Å². The second-order valence-electron chi connectivity index (χ2n) is 9.82. The minimum atomic E-state index is 0.822. The van der Waals surface area contributed by atoms with Crippen LogP contribution in [0.3, 0.4) is 0 Å². The summed E-state index contributed by atoms with van der Waals surface area (Å²) in [5, 5.41) is 0. The molecule has 0 unspecified atom stereocenters. The van der Waals surface area contributed by atoms with Crippen molar-refractivity contribution in [2.24, 2.45) is 0 Å². The Balaban J connectivity index is 1.34. The van der Waals surface area contributed by atoms with E-state index in [-0.39, 0.29) is 0 Å². The first-order valence-corrected chi connectivity index (χ1v) is 12.5. The number of hydrogen-bond donors (Lipinski definition) is 0. The fourth-order valence-electron chi connectivity index (χ4n) is 5.80. The predicted octanol–water partition coefficient (Wildman–Crippen LogP) is 7.35. The first kappa shape index (κ1) is 22.1. The third-order valence-corrected chi connectivity index (χ3v) is 7.81. The van der Waals surface area contributed by atoms with Crippen LogP contribution in [0.2, 0.25) is 0 Å². The molecule has 0 aliphatic heterocycles. The van der Waals surface area contributed by atoms with Gasteiger partial charge in [-0.1, -0.05) is 67.5 Å². The lowest BCUT2D eigenvalue weighted by Gasteiger charge is -2.50. The molecule has 0 atom stereocenters. The molecule has 0 amide bonds. The van der Waals surface area contributed by atoms with E-state index in [0.29, 0.717) is 0 Å². The smallest absolute Gasteiger partial charge is 0.137 e. The molecule has 0 spiro atoms. The first-order chi connectivity index (χ1) is 15.2. The van der Waals surface area contributed by atoms with Gasteiger partial charge in [0.2, 0.25) is 0 Å². The Bertz CT molecular complexity index is 780. The van der Waals surface area contributed by atoms with Crippen molar-refractivity contribution in [2.45, 2.75) is 76.3 Å². The van der Waals surface area contributed by atoms with Gasteiger partial charge in [-0.05, 0) is 74.6 Å². The van der Waals surface area contributed by atoms with Crippen molar-refractivity contribution in [3.8, 4) is 5.75 Å². The van der Waals surface area contributed by atoms with E-state index in [1.54, 1.807) is 0 Å². The summed E-state index contributed by atoms with van der Waals surface area (Å²) in [7, 11) is 2.55. The van der Waals surface area contributed by atoms with Gasteiger partial charge in [-0.2, -0.15) is 0 Å². The number of ether oxygens (including phenoxy) is 1. The molecule has 2 aromatic rings. The van der Waals surface area contributed by atoms with Crippen LogP contribution in [0.4, 0.5) is 0 Å². The van der Waals surface area contributed by atoms with E-state index in [0.717, 1.165) is 31.0 Å². The van der Waals surface area contributed by atoms with E-state index in [1.165, 1.54) is 79.8 Å². The summed E-state index contributed by atoms with van der Waals surface area (Å²) in [6.45, 7) is 1.97. The molecule has 0 saturated heterocycles. The summed E-state index contributed by atoms with van der Waals surface area (Å²) >= 11 is 0. The molecule has 0 bridgehead atoms. The highest BCUT2D eigenvalue weighted by Gasteiger charge is 2.40. The van der Waals surface area contributed by atoms with Gasteiger partial charge in [0, 0.05) is 0 Å². The lowest BCUT2D eigenvalue weighted by molar-refractivity contribution is -0.958. The van der Waals surface area contributed by atoms with Crippen LogP contribution in [0.25, 0.3) is 12.2 Å². The second-order valence-corrected chi connectivity index (χ2v) is 9.82. The van der Waals surface area contributed by atoms with Gasteiger partial charge in [0.15, 0.2) is 0 Å². The van der Waals surface area contributed by atoms with E-state index in [4.69, 9.17) is 4.74 Å². The first-order valence-electron chi connectivity index (χ1n) is 12.5. The fourth-order valence-corrected chi connectivity index (χ4v) is 5.80. The maximum Gasteiger partial charge on any atom is 0.137 e. The largest absolute Gasteiger partial charge is 0.488 e. The minimum absolute atomic E-state index is 0.822. The Morgan fingerprint density at radius 2 is 1.23 bits per heavy atom. The Kier molecular flexibility index (Phi) is 7.86. The zero-order chi connectivity index (χ0) is 21.4. The fraction of sp³-hybridized carbons (Fsp3) is 0.517. The summed E-state index contributed by atoms with van der Waals surface area (Å²) in [5.74, 6) is 0.996. The van der Waals surface area contributed by atoms with Gasteiger partial charge in [-0.3, -0.25) is 0 Å². The van der Waals surface area contributed by atoms with Crippen molar-refractivity contribution in [1.29, 1.82) is 0 Å². The zero-order valence-electron chi connectivity index (χ0n) is 19.3. The molecule has 166 valence electrons. The minimum Gasteiger partial charge on any atom is -0.488 e. The van der Waals surface area contributed by atoms with Gasteiger partial charge in [0.05, 0.1) is 19.1 Å². The summed E-state index contributed by atoms with van der Waals surface area (Å²) in [4.78, 5) is 0. The van der Waals surface area contributed by atoms with E-state index in [1.807, 2.05) is 0 Å². The average Bonchev–Trinajstić information content (AvgIpc) is 2.85. The van der Waals surface area contributed by atoms with Crippen LogP contribution in [0.15, 0.2) is 54.6 Å². The standard InChI is InChI=1S/C29H40NO/c1-30(27-13-7-3-8-14-27,28-15-9-4-10-16-28)23-24-31-29-21-19-26(20-22-29)18-17-25-11-5-2-6-12-25/h2,5-6,11-12,17-22,27-28H,3-4,7-10,13-16,23-24H2,1H3/q+1. The van der Waals surface area contributed by atoms with Crippen LogP contribution >= 0.6 is 0 Å². The topological polar surface area (TPSA) is 9.23 Å². The van der Waals surface area contributed by atoms with Crippen LogP contribution < -0.4 is 4.74 Å². The monoisotopic (exact) mass is 418 g/mol. The normalized spacial score (nSPS) is 19.0. The number of nitrogens with zero attached hydrogens (tertiary/aromatic N) is 1. The Morgan fingerprint density at radius 1 is 0.710 bits per heavy atom. The highest BCUT2D eigenvalue weighted by Crippen LogP contribution is 2.35. The molecule has 0 radical (unpaired) electrons. The molecule has 0 heterocycles. The second kappa shape index (κ2) is 11.0. The lowest BCUT2D eigenvalue weighted by atomic mass is 9.86. The van der Waals surface area contributed by atoms with Crippen molar-refractivity contribution in [3.63, 3.8) is 0 Å². The molecule has 2 aromatic carbocycles. The SMILES string of the molecule is C[N+](CCOc1ccc(C=Cc2ccccc2)cc1)(C1CCCCC1)C1CCCCC1. The van der Waals surface area contributed by atoms with Gasteiger partial charge in [-0.25, -0.2) is 0 Å². The Labute approximate surface area is 189 Å². The third kappa shape index (κ3) is 6.01. The van der Waals surface area contributed by atoms with Crippen molar-refractivity contribution < 1.29 is 9.22 Å². The van der Waals surface area contributed by atoms with Crippen molar-refractivity contribution in [3.05, 3.63) is 65.7 Å². The van der Waals surface area contributed by atoms with E-state index in [2.05, 4.69) is 73.8 Å². The zero-order valence-corrected chi connectivity index (χ0v) is 19.3. The number of rotatable bonds is 8. The molecule has 2 saturated carbocycles. The quantitative estimate of drug-likeness (QED) is 0.322. The molecular weight excluding hydrogens is 378 g/mol. The lowest BCUT2D eigenvalue weighted by Crippen LogP contribution is -2.61. The molecule has 31 heavy (non-hydrogen) atoms. The molecule has 2 nitrogen and oxygen atoms in total. The summed E-state index contributed by atoms with van der Waals surface area (Å²) in [6.07, 6.45) is 18.5. The predicted molar refractivity (Wildman–Crippen MR) is 132 cm³/mol. The van der Waals surface area contributed by atoms with Gasteiger partial charge in [0.1, 0.15) is 18.9 Å². The highest BCUT2D eigenvalue weighted by molar-refractivity contribution is 5.69. The maximum atomic E-state index is 6.26. The van der Waals surface area contributed by atoms with Crippen LogP contribution in [-0.2, 0) is 0 Å². The molecule has 4 rings (SSSR count). The Hall–Kier alpha value is -2.06. The number of benzene rings is 2. The number of quaternary nitrogens is 1. The summed E-state index contributed by atoms with van der Waals surface area (Å²) in [5.41, 5.74) is 2.44. The number of likely N-dealkylation sites (N-methyl/N-ethyl adjacent to an activating group) is 1. The molecule has 0 N–H and O–H groups in total. The molecular formula is C29H40NO+. The molecule has 2 aliphatic rings. The third-order valence-electron chi connectivity index (χ3n) is 7.81. The summed E-state index contributed by atoms with van der Waals surface area (Å²) in [6, 6.07) is 20.7. The van der Waals surface area contributed by atoms with Gasteiger partial charge in [-0.15, -0.1) is 0 Å². The van der Waals surface area contributed by atoms with Crippen LogP contribution in [0, 0.1) is 0 Å². The highest BCUT2D eigenvalue weighted by atomic mass is 16.5. The van der Waals surface area contributed by atoms with Crippen molar-refractivity contribution in [1.82, 2.24) is 0 Å². The van der Waals surface area contributed by atoms with E-state index in [9.17, 15) is 0 Å². The van der Waals surface area contributed by atoms with Gasteiger partial charge in [0.25, 0.3) is 0 Å². The average molecular weight is 419 g/mol. The maximum absolute atomic E-state index is 6.26. The number of hydrogen-bond acceptors (Lipinski definition) is 1. The van der Waals surface area contributed by atoms with Crippen LogP contribution in [-0.4, -0.2) is 36.8 Å². The summed E-state index contributed by atoms with van der Waals surface area (Å²) < 4.78 is 7.51. The molecule has 2 heteroatoms. The van der Waals surface area contributed by atoms with E-state index >= 15 is 0 Å². The van der Waals surface area contributed by atoms with Crippen molar-refractivity contribution >= 4 is 12.2 Å². The van der Waals surface area contributed by atoms with Crippen LogP contribution in [0.5, 0.6) is 5.75 Å². The van der Waals surface area contributed by atoms with Gasteiger partial charge < -0.3 is 9.22 Å². The van der Waals surface area contributed by atoms with Gasteiger partial charge >= 0.3 is 0 Å². The van der Waals surface area contributed by atoms with Crippen LogP contribution in [0.1, 0.15) is 75.3 Å². The molecule has 0 aromatic heterocycles. The van der Waals surface area contributed by atoms with Crippen molar-refractivity contribution in [2.75, 3.05) is 20.2 Å².